The molecule has 2 rings (SSSR count). The number of sulfone groups is 1. The van der Waals surface area contributed by atoms with Crippen LogP contribution >= 0.6 is 0 Å². The smallest absolute Gasteiger partial charge is 0.201 e. The molecule has 0 spiro atoms. The van der Waals surface area contributed by atoms with Gasteiger partial charge in [-0.2, -0.15) is 0 Å². The van der Waals surface area contributed by atoms with Crippen LogP contribution in [0.15, 0.2) is 41.6 Å². The van der Waals surface area contributed by atoms with Gasteiger partial charge in [-0.15, -0.1) is 0 Å². The number of aryl methyl sites for hydroxylation is 2. The topological polar surface area (TPSA) is 73.0 Å². The SMILES string of the molecule is Cc1ccc(C)c(CS(=O)(=O)c2ncccc2N)c1. The van der Waals surface area contributed by atoms with Crippen LogP contribution in [-0.2, 0) is 15.6 Å². The molecule has 100 valence electrons. The van der Waals surface area contributed by atoms with Crippen molar-refractivity contribution in [2.45, 2.75) is 24.6 Å². The maximum Gasteiger partial charge on any atom is 0.201 e. The number of aromatic nitrogens is 1. The molecule has 1 aromatic heterocycles. The highest BCUT2D eigenvalue weighted by atomic mass is 32.2. The molecule has 2 aromatic rings. The standard InChI is InChI=1S/C14H16N2O2S/c1-10-5-6-11(2)12(8-10)9-19(17,18)14-13(15)4-3-7-16-14/h3-8H,9,15H2,1-2H3. The summed E-state index contributed by atoms with van der Waals surface area (Å²) < 4.78 is 24.7. The lowest BCUT2D eigenvalue weighted by Crippen LogP contribution is -2.10. The number of hydrogen-bond acceptors (Lipinski definition) is 4. The van der Waals surface area contributed by atoms with Crippen LogP contribution in [0, 0.1) is 13.8 Å². The summed E-state index contributed by atoms with van der Waals surface area (Å²) in [5, 5.41) is -0.0455. The summed E-state index contributed by atoms with van der Waals surface area (Å²) >= 11 is 0. The average Bonchev–Trinajstić information content (AvgIpc) is 2.34. The van der Waals surface area contributed by atoms with Gasteiger partial charge in [-0.05, 0) is 37.1 Å². The molecule has 0 bridgehead atoms. The van der Waals surface area contributed by atoms with Crippen LogP contribution in [0.3, 0.4) is 0 Å². The maximum absolute atomic E-state index is 12.3. The molecule has 2 N–H and O–H groups in total. The van der Waals surface area contributed by atoms with Gasteiger partial charge in [0.25, 0.3) is 0 Å². The lowest BCUT2D eigenvalue weighted by atomic mass is 10.1. The second-order valence-corrected chi connectivity index (χ2v) is 6.49. The Morgan fingerprint density at radius 2 is 1.95 bits per heavy atom. The van der Waals surface area contributed by atoms with E-state index in [0.717, 1.165) is 16.7 Å². The molecule has 0 saturated carbocycles. The van der Waals surface area contributed by atoms with E-state index in [0.29, 0.717) is 0 Å². The second-order valence-electron chi connectivity index (χ2n) is 4.59. The minimum atomic E-state index is -3.52. The van der Waals surface area contributed by atoms with E-state index in [1.165, 1.54) is 6.20 Å². The third kappa shape index (κ3) is 2.93. The Balaban J connectivity index is 2.43. The van der Waals surface area contributed by atoms with Crippen molar-refractivity contribution in [3.8, 4) is 0 Å². The predicted molar refractivity (Wildman–Crippen MR) is 75.5 cm³/mol. The van der Waals surface area contributed by atoms with E-state index in [1.54, 1.807) is 12.1 Å². The van der Waals surface area contributed by atoms with Crippen LogP contribution in [0.2, 0.25) is 0 Å². The summed E-state index contributed by atoms with van der Waals surface area (Å²) in [6.07, 6.45) is 1.44. The van der Waals surface area contributed by atoms with Crippen molar-refractivity contribution in [2.24, 2.45) is 0 Å². The zero-order chi connectivity index (χ0) is 14.0. The Morgan fingerprint density at radius 3 is 2.63 bits per heavy atom. The van der Waals surface area contributed by atoms with Gasteiger partial charge in [-0.1, -0.05) is 23.8 Å². The van der Waals surface area contributed by atoms with E-state index in [4.69, 9.17) is 5.73 Å². The Kier molecular flexibility index (Phi) is 3.57. The van der Waals surface area contributed by atoms with Crippen molar-refractivity contribution in [3.05, 3.63) is 53.2 Å². The van der Waals surface area contributed by atoms with Gasteiger partial charge in [-0.25, -0.2) is 13.4 Å². The third-order valence-electron chi connectivity index (χ3n) is 2.95. The minimum Gasteiger partial charge on any atom is -0.396 e. The molecule has 0 unspecified atom stereocenters. The van der Waals surface area contributed by atoms with Gasteiger partial charge in [0.2, 0.25) is 9.84 Å². The van der Waals surface area contributed by atoms with Gasteiger partial charge in [0.1, 0.15) is 0 Å². The van der Waals surface area contributed by atoms with Gasteiger partial charge in [-0.3, -0.25) is 0 Å². The molecule has 0 amide bonds. The molecule has 0 atom stereocenters. The van der Waals surface area contributed by atoms with Crippen molar-refractivity contribution in [1.82, 2.24) is 4.98 Å². The first-order valence-electron chi connectivity index (χ1n) is 5.89. The van der Waals surface area contributed by atoms with Crippen molar-refractivity contribution in [1.29, 1.82) is 0 Å². The molecule has 0 aliphatic carbocycles. The summed E-state index contributed by atoms with van der Waals surface area (Å²) in [6, 6.07) is 8.92. The first kappa shape index (κ1) is 13.5. The number of anilines is 1. The molecule has 0 aliphatic rings. The number of benzene rings is 1. The van der Waals surface area contributed by atoms with Crippen molar-refractivity contribution < 1.29 is 8.42 Å². The Morgan fingerprint density at radius 1 is 1.21 bits per heavy atom. The monoisotopic (exact) mass is 276 g/mol. The van der Waals surface area contributed by atoms with E-state index >= 15 is 0 Å². The Bertz CT molecular complexity index is 709. The average molecular weight is 276 g/mol. The predicted octanol–water partition coefficient (Wildman–Crippen LogP) is 2.25. The van der Waals surface area contributed by atoms with Crippen molar-refractivity contribution >= 4 is 15.5 Å². The summed E-state index contributed by atoms with van der Waals surface area (Å²) in [7, 11) is -3.52. The third-order valence-corrected chi connectivity index (χ3v) is 4.57. The zero-order valence-electron chi connectivity index (χ0n) is 10.9. The summed E-state index contributed by atoms with van der Waals surface area (Å²) in [5.74, 6) is -0.0816. The van der Waals surface area contributed by atoms with E-state index in [1.807, 2.05) is 32.0 Å². The Labute approximate surface area is 113 Å². The molecule has 0 fully saturated rings. The first-order chi connectivity index (χ1) is 8.90. The summed E-state index contributed by atoms with van der Waals surface area (Å²) in [6.45, 7) is 3.83. The highest BCUT2D eigenvalue weighted by molar-refractivity contribution is 7.90. The van der Waals surface area contributed by atoms with Crippen LogP contribution in [0.4, 0.5) is 5.69 Å². The Hall–Kier alpha value is -1.88. The molecular weight excluding hydrogens is 260 g/mol. The van der Waals surface area contributed by atoms with Gasteiger partial charge in [0, 0.05) is 6.20 Å². The molecule has 1 heterocycles. The highest BCUT2D eigenvalue weighted by Crippen LogP contribution is 2.21. The molecule has 4 nitrogen and oxygen atoms in total. The fourth-order valence-electron chi connectivity index (χ4n) is 1.89. The largest absolute Gasteiger partial charge is 0.396 e. The van der Waals surface area contributed by atoms with Crippen LogP contribution < -0.4 is 5.73 Å². The number of nitrogen functional groups attached to an aromatic ring is 1. The number of hydrogen-bond donors (Lipinski definition) is 1. The summed E-state index contributed by atoms with van der Waals surface area (Å²) in [4.78, 5) is 3.89. The molecular formula is C14H16N2O2S. The fraction of sp³-hybridized carbons (Fsp3) is 0.214. The van der Waals surface area contributed by atoms with Crippen molar-refractivity contribution in [3.63, 3.8) is 0 Å². The van der Waals surface area contributed by atoms with Crippen LogP contribution in [-0.4, -0.2) is 13.4 Å². The minimum absolute atomic E-state index is 0.0455. The fourth-order valence-corrected chi connectivity index (χ4v) is 3.40. The quantitative estimate of drug-likeness (QED) is 0.933. The lowest BCUT2D eigenvalue weighted by molar-refractivity contribution is 0.592. The molecule has 1 aromatic carbocycles. The maximum atomic E-state index is 12.3. The number of rotatable bonds is 3. The van der Waals surface area contributed by atoms with E-state index in [-0.39, 0.29) is 16.5 Å². The van der Waals surface area contributed by atoms with E-state index in [2.05, 4.69) is 4.98 Å². The first-order valence-corrected chi connectivity index (χ1v) is 7.55. The zero-order valence-corrected chi connectivity index (χ0v) is 11.7. The molecule has 0 aliphatic heterocycles. The van der Waals surface area contributed by atoms with Gasteiger partial charge in [0.15, 0.2) is 5.03 Å². The number of nitrogens with two attached hydrogens (primary N) is 1. The van der Waals surface area contributed by atoms with Gasteiger partial charge in [0.05, 0.1) is 11.4 Å². The van der Waals surface area contributed by atoms with Crippen LogP contribution in [0.1, 0.15) is 16.7 Å². The normalized spacial score (nSPS) is 11.5. The van der Waals surface area contributed by atoms with Gasteiger partial charge < -0.3 is 5.73 Å². The van der Waals surface area contributed by atoms with Crippen LogP contribution in [0.25, 0.3) is 0 Å². The van der Waals surface area contributed by atoms with Crippen molar-refractivity contribution in [2.75, 3.05) is 5.73 Å². The van der Waals surface area contributed by atoms with Gasteiger partial charge >= 0.3 is 0 Å². The second kappa shape index (κ2) is 5.01. The molecule has 0 saturated heterocycles. The van der Waals surface area contributed by atoms with E-state index in [9.17, 15) is 8.42 Å². The number of nitrogens with zero attached hydrogens (tertiary/aromatic N) is 1. The summed E-state index contributed by atoms with van der Waals surface area (Å²) in [5.41, 5.74) is 8.64. The highest BCUT2D eigenvalue weighted by Gasteiger charge is 2.20. The molecule has 19 heavy (non-hydrogen) atoms. The molecule has 0 radical (unpaired) electrons. The van der Waals surface area contributed by atoms with E-state index < -0.39 is 9.84 Å². The van der Waals surface area contributed by atoms with Crippen LogP contribution in [0.5, 0.6) is 0 Å². The number of pyridine rings is 1. The lowest BCUT2D eigenvalue weighted by Gasteiger charge is -2.09. The molecule has 5 heteroatoms.